The van der Waals surface area contributed by atoms with Gasteiger partial charge in [-0.05, 0) is 97.8 Å². The number of likely N-dealkylation sites (tertiary alicyclic amines) is 2. The maximum Gasteiger partial charge on any atom is 0.318 e. The Morgan fingerprint density at radius 3 is 1.70 bits per heavy atom. The van der Waals surface area contributed by atoms with Crippen LogP contribution >= 0.6 is 0 Å². The summed E-state index contributed by atoms with van der Waals surface area (Å²) >= 11 is 0. The van der Waals surface area contributed by atoms with Crippen LogP contribution in [0.1, 0.15) is 87.7 Å². The summed E-state index contributed by atoms with van der Waals surface area (Å²) in [5.74, 6) is 3.00. The number of likely N-dealkylation sites (N-methyl/N-ethyl adjacent to an activating group) is 2. The van der Waals surface area contributed by atoms with E-state index in [0.29, 0.717) is 62.2 Å². The Morgan fingerprint density at radius 2 is 1.17 bits per heavy atom. The fraction of sp³-hybridized carbons (Fsp3) is 0.750. The van der Waals surface area contributed by atoms with E-state index in [0.717, 1.165) is 115 Å². The van der Waals surface area contributed by atoms with Gasteiger partial charge in [-0.1, -0.05) is 7.43 Å². The Kier molecular flexibility index (Phi) is 13.6. The van der Waals surface area contributed by atoms with E-state index in [1.54, 1.807) is 0 Å². The molecule has 0 amide bonds. The Labute approximate surface area is 317 Å². The number of anilines is 2. The van der Waals surface area contributed by atoms with Crippen LogP contribution in [-0.4, -0.2) is 121 Å². The van der Waals surface area contributed by atoms with Gasteiger partial charge in [-0.25, -0.2) is 13.1 Å². The normalized spacial score (nSPS) is 25.4. The fourth-order valence-electron chi connectivity index (χ4n) is 8.96. The molecule has 0 saturated carbocycles. The maximum absolute atomic E-state index is 7.18. The first-order chi connectivity index (χ1) is 25.5. The summed E-state index contributed by atoms with van der Waals surface area (Å²) < 4.78 is 12.1. The topological polar surface area (TPSA) is 104 Å². The van der Waals surface area contributed by atoms with Gasteiger partial charge in [0, 0.05) is 74.3 Å². The smallest absolute Gasteiger partial charge is 0.318 e. The summed E-state index contributed by atoms with van der Waals surface area (Å²) in [5, 5.41) is 3.39. The zero-order valence-electron chi connectivity index (χ0n) is 31.4. The maximum atomic E-state index is 7.18. The molecule has 5 aliphatic heterocycles. The van der Waals surface area contributed by atoms with Crippen LogP contribution in [0.3, 0.4) is 0 Å². The highest BCUT2D eigenvalue weighted by atomic mass is 16.5. The van der Waals surface area contributed by atoms with Crippen LogP contribution in [0.5, 0.6) is 12.0 Å². The van der Waals surface area contributed by atoms with Crippen molar-refractivity contribution in [1.82, 2.24) is 35.1 Å². The number of aromatic nitrogens is 4. The number of nitrogens with one attached hydrogen (secondary N) is 1. The second-order valence-electron chi connectivity index (χ2n) is 15.7. The molecule has 288 valence electrons. The lowest BCUT2D eigenvalue weighted by Gasteiger charge is -2.32. The molecule has 0 aromatic carbocycles. The monoisotopic (exact) mass is 728 g/mol. The van der Waals surface area contributed by atoms with Crippen molar-refractivity contribution >= 4 is 11.6 Å². The summed E-state index contributed by atoms with van der Waals surface area (Å²) in [5.41, 5.74) is 4.77. The largest absolute Gasteiger partial charge is 0.462 e. The van der Waals surface area contributed by atoms with Crippen LogP contribution in [0.15, 0.2) is 0 Å². The highest BCUT2D eigenvalue weighted by Gasteiger charge is 2.31. The van der Waals surface area contributed by atoms with E-state index in [4.69, 9.17) is 37.6 Å². The number of hydrogen-bond acceptors (Lipinski definition) is 11. The van der Waals surface area contributed by atoms with E-state index in [1.807, 2.05) is 0 Å². The molecule has 4 fully saturated rings. The molecule has 0 unspecified atom stereocenters. The molecule has 4 saturated heterocycles. The Hall–Kier alpha value is -3.78. The summed E-state index contributed by atoms with van der Waals surface area (Å²) in [7, 11) is 4.33. The van der Waals surface area contributed by atoms with E-state index in [1.165, 1.54) is 42.5 Å². The van der Waals surface area contributed by atoms with Crippen molar-refractivity contribution in [3.8, 4) is 12.0 Å². The molecule has 13 nitrogen and oxygen atoms in total. The van der Waals surface area contributed by atoms with Gasteiger partial charge in [-0.3, -0.25) is 0 Å². The highest BCUT2D eigenvalue weighted by Crippen LogP contribution is 2.34. The number of aryl methyl sites for hydroxylation is 1. The second kappa shape index (κ2) is 18.5. The molecule has 53 heavy (non-hydrogen) atoms. The minimum Gasteiger partial charge on any atom is -0.462 e. The van der Waals surface area contributed by atoms with Crippen molar-refractivity contribution in [3.05, 3.63) is 45.3 Å². The third-order valence-corrected chi connectivity index (χ3v) is 12.0. The quantitative estimate of drug-likeness (QED) is 0.339. The van der Waals surface area contributed by atoms with Gasteiger partial charge < -0.3 is 44.1 Å². The van der Waals surface area contributed by atoms with Gasteiger partial charge in [-0.2, -0.15) is 19.9 Å². The molecule has 2 aromatic heterocycles. The second-order valence-corrected chi connectivity index (χ2v) is 15.7. The van der Waals surface area contributed by atoms with E-state index in [-0.39, 0.29) is 7.43 Å². The molecule has 0 bridgehead atoms. The SMILES string of the molecule is C.[C-]#[N+]C[C@@H]1CCCN(c2nc(OC[C@@H]3CCCN3C)nc3c2CCC3)C1.[C-]#[N+]C[C@@H]1CCCN(c2nc(OC[C@@H]3CCCN3C)nc3c2CNC3)C1. The van der Waals surface area contributed by atoms with Crippen LogP contribution in [0, 0.1) is 25.0 Å². The summed E-state index contributed by atoms with van der Waals surface area (Å²) in [6.45, 7) is 24.7. The van der Waals surface area contributed by atoms with E-state index >= 15 is 0 Å². The standard InChI is InChI=1S/C20H29N5O.C19H28N6O.CH4/c1-21-12-15-6-4-11-25(13-15)19-17-8-3-9-18(17)22-20(23-19)26-14-16-7-5-10-24(16)2;1-20-9-14-5-3-8-25(12-14)18-16-10-21-11-17(16)22-19(23-18)26-13-15-6-4-7-24(15)2;/h15-16H,3-14H2,2H3;14-15,21H,3-13H2,2H3;1H4/t15-,16-;14-,15-;/m00./s1. The van der Waals surface area contributed by atoms with Crippen molar-refractivity contribution < 1.29 is 9.47 Å². The van der Waals surface area contributed by atoms with Gasteiger partial charge in [0.25, 0.3) is 0 Å². The zero-order valence-corrected chi connectivity index (χ0v) is 31.4. The first kappa shape index (κ1) is 38.9. The molecule has 13 heteroatoms. The lowest BCUT2D eigenvalue weighted by molar-refractivity contribution is 0.187. The third kappa shape index (κ3) is 9.48. The number of fused-ring (bicyclic) bond motifs is 2. The van der Waals surface area contributed by atoms with E-state index in [9.17, 15) is 0 Å². The van der Waals surface area contributed by atoms with Crippen molar-refractivity contribution in [2.75, 3.05) is 89.5 Å². The van der Waals surface area contributed by atoms with Crippen LogP contribution in [0.2, 0.25) is 0 Å². The van der Waals surface area contributed by atoms with Gasteiger partial charge >= 0.3 is 12.0 Å². The summed E-state index contributed by atoms with van der Waals surface area (Å²) in [6.07, 6.45) is 12.7. The fourth-order valence-corrected chi connectivity index (χ4v) is 8.96. The van der Waals surface area contributed by atoms with E-state index in [2.05, 4.69) is 53.7 Å². The van der Waals surface area contributed by atoms with Crippen molar-refractivity contribution in [1.29, 1.82) is 0 Å². The first-order valence-corrected chi connectivity index (χ1v) is 19.8. The summed E-state index contributed by atoms with van der Waals surface area (Å²) in [6, 6.07) is 2.00. The van der Waals surface area contributed by atoms with Crippen molar-refractivity contribution in [2.24, 2.45) is 11.8 Å². The molecule has 0 spiro atoms. The van der Waals surface area contributed by atoms with Gasteiger partial charge in [-0.15, -0.1) is 0 Å². The lowest BCUT2D eigenvalue weighted by Crippen LogP contribution is -2.37. The number of rotatable bonds is 10. The summed E-state index contributed by atoms with van der Waals surface area (Å²) in [4.78, 5) is 35.7. The van der Waals surface area contributed by atoms with Gasteiger partial charge in [0.05, 0.1) is 11.4 Å². The molecular weight excluding hydrogens is 667 g/mol. The number of hydrogen-bond donors (Lipinski definition) is 1. The van der Waals surface area contributed by atoms with Crippen molar-refractivity contribution in [3.63, 3.8) is 0 Å². The number of nitrogens with zero attached hydrogens (tertiary/aromatic N) is 10. The lowest BCUT2D eigenvalue weighted by atomic mass is 9.98. The van der Waals surface area contributed by atoms with Crippen molar-refractivity contribution in [2.45, 2.75) is 103 Å². The predicted octanol–water partition coefficient (Wildman–Crippen LogP) is 4.90. The first-order valence-electron chi connectivity index (χ1n) is 19.8. The molecular formula is C40H61N11O2. The van der Waals surface area contributed by atoms with Crippen LogP contribution in [0.25, 0.3) is 9.69 Å². The molecule has 8 rings (SSSR count). The Bertz CT molecular complexity index is 1490. The molecule has 1 N–H and O–H groups in total. The van der Waals surface area contributed by atoms with Crippen LogP contribution in [-0.2, 0) is 25.9 Å². The predicted molar refractivity (Wildman–Crippen MR) is 208 cm³/mol. The van der Waals surface area contributed by atoms with Gasteiger partial charge in [0.15, 0.2) is 0 Å². The minimum atomic E-state index is 0. The van der Waals surface area contributed by atoms with Crippen LogP contribution in [0.4, 0.5) is 11.6 Å². The zero-order chi connectivity index (χ0) is 35.9. The number of ether oxygens (including phenoxy) is 2. The average Bonchev–Trinajstić information content (AvgIpc) is 3.99. The molecule has 0 radical (unpaired) electrons. The molecule has 7 heterocycles. The molecule has 2 aromatic rings. The Morgan fingerprint density at radius 1 is 0.642 bits per heavy atom. The minimum absolute atomic E-state index is 0. The molecule has 4 atom stereocenters. The third-order valence-electron chi connectivity index (χ3n) is 12.0. The van der Waals surface area contributed by atoms with Gasteiger partial charge in [0.2, 0.25) is 13.1 Å². The van der Waals surface area contributed by atoms with Crippen LogP contribution < -0.4 is 24.6 Å². The number of piperidine rings is 2. The average molecular weight is 728 g/mol. The highest BCUT2D eigenvalue weighted by molar-refractivity contribution is 5.53. The molecule has 1 aliphatic carbocycles. The molecule has 6 aliphatic rings. The van der Waals surface area contributed by atoms with E-state index < -0.39 is 0 Å². The Balaban J connectivity index is 0.000000178. The van der Waals surface area contributed by atoms with Gasteiger partial charge in [0.1, 0.15) is 24.8 Å².